The van der Waals surface area contributed by atoms with Crippen molar-refractivity contribution in [1.29, 1.82) is 0 Å². The van der Waals surface area contributed by atoms with E-state index in [1.54, 1.807) is 0 Å². The smallest absolute Gasteiger partial charge is 0.0393 e. The lowest BCUT2D eigenvalue weighted by Gasteiger charge is -2.38. The van der Waals surface area contributed by atoms with Gasteiger partial charge in [0.2, 0.25) is 0 Å². The number of hydrogen-bond acceptors (Lipinski definition) is 2. The fraction of sp³-hybridized carbons (Fsp3) is 1.00. The molecule has 0 radical (unpaired) electrons. The van der Waals surface area contributed by atoms with Gasteiger partial charge in [-0.1, -0.05) is 39.5 Å². The average Bonchev–Trinajstić information content (AvgIpc) is 2.45. The zero-order valence-corrected chi connectivity index (χ0v) is 13.5. The molecule has 0 aliphatic heterocycles. The van der Waals surface area contributed by atoms with Crippen LogP contribution in [0.3, 0.4) is 0 Å². The Labute approximate surface area is 121 Å². The van der Waals surface area contributed by atoms with E-state index in [-0.39, 0.29) is 0 Å². The largest absolute Gasteiger partial charge is 0.330 e. The van der Waals surface area contributed by atoms with E-state index in [0.29, 0.717) is 16.4 Å². The van der Waals surface area contributed by atoms with Crippen LogP contribution in [0, 0.1) is 17.8 Å². The molecule has 112 valence electrons. The first-order valence-corrected chi connectivity index (χ1v) is 9.52. The monoisotopic (exact) mass is 285 g/mol. The van der Waals surface area contributed by atoms with Gasteiger partial charge in [-0.3, -0.25) is 4.21 Å². The summed E-state index contributed by atoms with van der Waals surface area (Å²) in [7, 11) is -0.646. The second kappa shape index (κ2) is 7.21. The minimum atomic E-state index is -0.646. The Bertz CT molecular complexity index is 307. The molecule has 0 saturated heterocycles. The summed E-state index contributed by atoms with van der Waals surface area (Å²) in [5.74, 6) is 2.07. The Morgan fingerprint density at radius 2 is 1.95 bits per heavy atom. The molecule has 2 saturated carbocycles. The third-order valence-corrected chi connectivity index (χ3v) is 7.69. The summed E-state index contributed by atoms with van der Waals surface area (Å²) >= 11 is 0. The van der Waals surface area contributed by atoms with Crippen LogP contribution in [0.1, 0.15) is 65.2 Å². The third-order valence-electron chi connectivity index (χ3n) is 5.43. The highest BCUT2D eigenvalue weighted by Crippen LogP contribution is 2.37. The van der Waals surface area contributed by atoms with Gasteiger partial charge in [-0.2, -0.15) is 0 Å². The normalized spacial score (nSPS) is 41.9. The van der Waals surface area contributed by atoms with Gasteiger partial charge in [-0.15, -0.1) is 0 Å². The fourth-order valence-electron chi connectivity index (χ4n) is 4.04. The summed E-state index contributed by atoms with van der Waals surface area (Å²) in [6.07, 6.45) is 9.87. The van der Waals surface area contributed by atoms with Gasteiger partial charge in [0.1, 0.15) is 0 Å². The Balaban J connectivity index is 2.01. The highest BCUT2D eigenvalue weighted by Gasteiger charge is 2.37. The van der Waals surface area contributed by atoms with Crippen molar-refractivity contribution < 1.29 is 4.21 Å². The zero-order valence-electron chi connectivity index (χ0n) is 12.6. The lowest BCUT2D eigenvalue weighted by Crippen LogP contribution is -2.41. The highest BCUT2D eigenvalue weighted by atomic mass is 32.2. The summed E-state index contributed by atoms with van der Waals surface area (Å²) in [6.45, 7) is 5.32. The Kier molecular flexibility index (Phi) is 5.88. The molecule has 2 N–H and O–H groups in total. The van der Waals surface area contributed by atoms with Crippen molar-refractivity contribution in [2.24, 2.45) is 23.5 Å². The Morgan fingerprint density at radius 3 is 2.58 bits per heavy atom. The van der Waals surface area contributed by atoms with E-state index >= 15 is 0 Å². The van der Waals surface area contributed by atoms with Gasteiger partial charge in [0.05, 0.1) is 0 Å². The molecular weight excluding hydrogens is 254 g/mol. The summed E-state index contributed by atoms with van der Waals surface area (Å²) in [5, 5.41) is 0.845. The molecule has 2 nitrogen and oxygen atoms in total. The molecule has 0 aromatic carbocycles. The maximum atomic E-state index is 13.0. The first-order chi connectivity index (χ1) is 9.15. The molecule has 2 aliphatic rings. The first kappa shape index (κ1) is 15.5. The van der Waals surface area contributed by atoms with Gasteiger partial charge in [0.25, 0.3) is 0 Å². The predicted molar refractivity (Wildman–Crippen MR) is 83.5 cm³/mol. The maximum Gasteiger partial charge on any atom is 0.0393 e. The van der Waals surface area contributed by atoms with E-state index in [4.69, 9.17) is 5.73 Å². The zero-order chi connectivity index (χ0) is 13.8. The molecule has 0 aromatic rings. The van der Waals surface area contributed by atoms with Crippen molar-refractivity contribution in [2.75, 3.05) is 6.54 Å². The van der Waals surface area contributed by atoms with Crippen molar-refractivity contribution in [3.63, 3.8) is 0 Å². The molecule has 3 heteroatoms. The molecule has 2 rings (SSSR count). The van der Waals surface area contributed by atoms with Crippen LogP contribution in [0.2, 0.25) is 0 Å². The molecule has 0 aromatic heterocycles. The van der Waals surface area contributed by atoms with E-state index in [9.17, 15) is 4.21 Å². The lowest BCUT2D eigenvalue weighted by atomic mass is 9.80. The van der Waals surface area contributed by atoms with Crippen LogP contribution < -0.4 is 5.73 Å². The molecule has 2 fully saturated rings. The van der Waals surface area contributed by atoms with Gasteiger partial charge in [-0.25, -0.2) is 0 Å². The molecule has 0 spiro atoms. The van der Waals surface area contributed by atoms with Gasteiger partial charge in [0, 0.05) is 21.3 Å². The number of rotatable bonds is 4. The first-order valence-electron chi connectivity index (χ1n) is 8.25. The average molecular weight is 285 g/mol. The molecule has 6 atom stereocenters. The van der Waals surface area contributed by atoms with E-state index in [0.717, 1.165) is 24.8 Å². The van der Waals surface area contributed by atoms with Gasteiger partial charge in [-0.05, 0) is 50.0 Å². The van der Waals surface area contributed by atoms with Crippen LogP contribution in [-0.4, -0.2) is 21.3 Å². The summed E-state index contributed by atoms with van der Waals surface area (Å²) in [6, 6.07) is 0. The maximum absolute atomic E-state index is 13.0. The SMILES string of the molecule is CCC1CCC(CN)C(S(=O)C2CCCC(C)C2)C1. The number of hydrogen-bond donors (Lipinski definition) is 1. The summed E-state index contributed by atoms with van der Waals surface area (Å²) in [5.41, 5.74) is 5.94. The van der Waals surface area contributed by atoms with Crippen LogP contribution in [0.15, 0.2) is 0 Å². The van der Waals surface area contributed by atoms with Crippen molar-refractivity contribution in [3.05, 3.63) is 0 Å². The van der Waals surface area contributed by atoms with Gasteiger partial charge < -0.3 is 5.73 Å². The molecule has 0 bridgehead atoms. The van der Waals surface area contributed by atoms with E-state index in [1.165, 1.54) is 44.9 Å². The third kappa shape index (κ3) is 3.81. The molecule has 0 amide bonds. The minimum absolute atomic E-state index is 0.388. The van der Waals surface area contributed by atoms with Crippen molar-refractivity contribution in [3.8, 4) is 0 Å². The molecule has 2 aliphatic carbocycles. The highest BCUT2D eigenvalue weighted by molar-refractivity contribution is 7.86. The van der Waals surface area contributed by atoms with Crippen LogP contribution in [0.5, 0.6) is 0 Å². The van der Waals surface area contributed by atoms with E-state index < -0.39 is 10.8 Å². The quantitative estimate of drug-likeness (QED) is 0.859. The molecule has 0 heterocycles. The van der Waals surface area contributed by atoms with Crippen LogP contribution in [0.25, 0.3) is 0 Å². The Morgan fingerprint density at radius 1 is 1.16 bits per heavy atom. The van der Waals surface area contributed by atoms with Crippen LogP contribution in [-0.2, 0) is 10.8 Å². The predicted octanol–water partition coefficient (Wildman–Crippen LogP) is 3.47. The number of nitrogens with two attached hydrogens (primary N) is 1. The minimum Gasteiger partial charge on any atom is -0.330 e. The van der Waals surface area contributed by atoms with Crippen molar-refractivity contribution in [2.45, 2.75) is 75.7 Å². The van der Waals surface area contributed by atoms with Crippen LogP contribution in [0.4, 0.5) is 0 Å². The van der Waals surface area contributed by atoms with Gasteiger partial charge in [0.15, 0.2) is 0 Å². The Hall–Kier alpha value is 0.110. The summed E-state index contributed by atoms with van der Waals surface area (Å²) < 4.78 is 13.0. The summed E-state index contributed by atoms with van der Waals surface area (Å²) in [4.78, 5) is 0. The topological polar surface area (TPSA) is 43.1 Å². The molecule has 19 heavy (non-hydrogen) atoms. The standard InChI is InChI=1S/C16H31NOS/c1-3-13-7-8-14(11-17)16(10-13)19(18)15-6-4-5-12(2)9-15/h12-16H,3-11,17H2,1-2H3. The van der Waals surface area contributed by atoms with E-state index in [1.807, 2.05) is 0 Å². The second-order valence-corrected chi connectivity index (χ2v) is 8.77. The van der Waals surface area contributed by atoms with Crippen molar-refractivity contribution >= 4 is 10.8 Å². The second-order valence-electron chi connectivity index (χ2n) is 6.84. The van der Waals surface area contributed by atoms with Crippen molar-refractivity contribution in [1.82, 2.24) is 0 Å². The van der Waals surface area contributed by atoms with Gasteiger partial charge >= 0.3 is 0 Å². The fourth-order valence-corrected chi connectivity index (χ4v) is 6.54. The van der Waals surface area contributed by atoms with E-state index in [2.05, 4.69) is 13.8 Å². The lowest BCUT2D eigenvalue weighted by molar-refractivity contribution is 0.277. The molecular formula is C16H31NOS. The molecule has 6 unspecified atom stereocenters. The van der Waals surface area contributed by atoms with Crippen LogP contribution >= 0.6 is 0 Å².